The van der Waals surface area contributed by atoms with E-state index in [2.05, 4.69) is 5.10 Å². The Hall–Kier alpha value is -2.70. The van der Waals surface area contributed by atoms with Gasteiger partial charge in [0.2, 0.25) is 0 Å². The molecule has 0 aliphatic rings. The van der Waals surface area contributed by atoms with Crippen molar-refractivity contribution < 1.29 is 19.1 Å². The number of amides is 1. The second-order valence-electron chi connectivity index (χ2n) is 5.17. The van der Waals surface area contributed by atoms with E-state index in [-0.39, 0.29) is 12.4 Å². The lowest BCUT2D eigenvalue weighted by atomic mass is 10.2. The summed E-state index contributed by atoms with van der Waals surface area (Å²) in [5.74, 6) is -1.91. The van der Waals surface area contributed by atoms with Crippen LogP contribution in [0.4, 0.5) is 4.39 Å². The molecule has 2 rings (SSSR count). The van der Waals surface area contributed by atoms with E-state index in [0.29, 0.717) is 17.7 Å². The van der Waals surface area contributed by atoms with E-state index in [4.69, 9.17) is 5.11 Å². The summed E-state index contributed by atoms with van der Waals surface area (Å²) in [5, 5.41) is 13.1. The number of benzene rings is 1. The molecule has 0 bridgehead atoms. The van der Waals surface area contributed by atoms with E-state index >= 15 is 0 Å². The van der Waals surface area contributed by atoms with Crippen LogP contribution in [0.25, 0.3) is 0 Å². The van der Waals surface area contributed by atoms with E-state index in [0.717, 1.165) is 6.42 Å². The molecule has 0 saturated heterocycles. The number of halogens is 1. The highest BCUT2D eigenvalue weighted by atomic mass is 19.1. The molecule has 1 heterocycles. The van der Waals surface area contributed by atoms with Crippen molar-refractivity contribution in [1.29, 1.82) is 0 Å². The Balaban J connectivity index is 2.17. The van der Waals surface area contributed by atoms with Gasteiger partial charge in [0.25, 0.3) is 5.91 Å². The van der Waals surface area contributed by atoms with E-state index < -0.39 is 18.4 Å². The molecule has 1 amide bonds. The fourth-order valence-corrected chi connectivity index (χ4v) is 2.18. The Kier molecular flexibility index (Phi) is 5.46. The number of hydrogen-bond acceptors (Lipinski definition) is 3. The molecule has 0 atom stereocenters. The molecule has 0 aliphatic heterocycles. The van der Waals surface area contributed by atoms with Crippen molar-refractivity contribution in [3.05, 3.63) is 53.6 Å². The summed E-state index contributed by atoms with van der Waals surface area (Å²) >= 11 is 0. The van der Waals surface area contributed by atoms with E-state index in [1.54, 1.807) is 10.9 Å². The number of aromatic nitrogens is 2. The van der Waals surface area contributed by atoms with Crippen LogP contribution in [0.2, 0.25) is 0 Å². The Morgan fingerprint density at radius 3 is 2.61 bits per heavy atom. The predicted molar refractivity (Wildman–Crippen MR) is 81.3 cm³/mol. The molecule has 0 unspecified atom stereocenters. The van der Waals surface area contributed by atoms with Gasteiger partial charge in [-0.25, -0.2) is 4.39 Å². The van der Waals surface area contributed by atoms with Gasteiger partial charge in [-0.2, -0.15) is 5.10 Å². The van der Waals surface area contributed by atoms with E-state index in [9.17, 15) is 14.0 Å². The molecule has 0 fully saturated rings. The van der Waals surface area contributed by atoms with Crippen LogP contribution >= 0.6 is 0 Å². The third kappa shape index (κ3) is 4.64. The average molecular weight is 319 g/mol. The van der Waals surface area contributed by atoms with Gasteiger partial charge in [0.1, 0.15) is 12.4 Å². The first-order valence-electron chi connectivity index (χ1n) is 7.27. The lowest BCUT2D eigenvalue weighted by molar-refractivity contribution is -0.137. The van der Waals surface area contributed by atoms with Crippen LogP contribution in [0, 0.1) is 5.82 Å². The van der Waals surface area contributed by atoms with Crippen molar-refractivity contribution in [2.75, 3.05) is 6.54 Å². The summed E-state index contributed by atoms with van der Waals surface area (Å²) in [6, 6.07) is 5.60. The summed E-state index contributed by atoms with van der Waals surface area (Å²) in [7, 11) is 0. The summed E-state index contributed by atoms with van der Waals surface area (Å²) in [5.41, 5.74) is 0.990. The minimum Gasteiger partial charge on any atom is -0.480 e. The maximum absolute atomic E-state index is 12.9. The molecule has 0 radical (unpaired) electrons. The Morgan fingerprint density at radius 1 is 1.30 bits per heavy atom. The van der Waals surface area contributed by atoms with Crippen molar-refractivity contribution in [1.82, 2.24) is 14.7 Å². The second-order valence-corrected chi connectivity index (χ2v) is 5.17. The van der Waals surface area contributed by atoms with Crippen LogP contribution in [0.5, 0.6) is 0 Å². The Morgan fingerprint density at radius 2 is 2.00 bits per heavy atom. The summed E-state index contributed by atoms with van der Waals surface area (Å²) in [4.78, 5) is 24.7. The van der Waals surface area contributed by atoms with Gasteiger partial charge in [-0.1, -0.05) is 19.1 Å². The monoisotopic (exact) mass is 319 g/mol. The van der Waals surface area contributed by atoms with Crippen LogP contribution in [0.1, 0.15) is 29.3 Å². The van der Waals surface area contributed by atoms with E-state index in [1.165, 1.54) is 35.4 Å². The zero-order chi connectivity index (χ0) is 16.8. The highest BCUT2D eigenvalue weighted by Crippen LogP contribution is 2.11. The van der Waals surface area contributed by atoms with Gasteiger partial charge in [0.05, 0.1) is 11.8 Å². The fourth-order valence-electron chi connectivity index (χ4n) is 2.18. The van der Waals surface area contributed by atoms with Crippen molar-refractivity contribution in [2.45, 2.75) is 26.4 Å². The number of hydrogen-bond donors (Lipinski definition) is 1. The zero-order valence-electron chi connectivity index (χ0n) is 12.8. The van der Waals surface area contributed by atoms with Crippen molar-refractivity contribution in [2.24, 2.45) is 0 Å². The first-order valence-corrected chi connectivity index (χ1v) is 7.27. The SMILES string of the molecule is CCCn1cc(C(=O)N(CC(=O)O)Cc2ccc(F)cc2)cn1. The molecule has 122 valence electrons. The molecule has 1 aromatic carbocycles. The first-order chi connectivity index (χ1) is 11.0. The lowest BCUT2D eigenvalue weighted by Gasteiger charge is -2.20. The number of rotatable bonds is 7. The molecule has 2 aromatic rings. The predicted octanol–water partition coefficient (Wildman–Crippen LogP) is 2.16. The summed E-state index contributed by atoms with van der Waals surface area (Å²) in [6.07, 6.45) is 3.91. The van der Waals surface area contributed by atoms with E-state index in [1.807, 2.05) is 6.92 Å². The van der Waals surface area contributed by atoms with Gasteiger partial charge < -0.3 is 10.0 Å². The third-order valence-corrected chi connectivity index (χ3v) is 3.23. The minimum absolute atomic E-state index is 0.0877. The normalized spacial score (nSPS) is 10.5. The molecular weight excluding hydrogens is 301 g/mol. The van der Waals surface area contributed by atoms with Gasteiger partial charge in [0, 0.05) is 19.3 Å². The topological polar surface area (TPSA) is 75.4 Å². The molecule has 23 heavy (non-hydrogen) atoms. The number of aryl methyl sites for hydroxylation is 1. The first kappa shape index (κ1) is 16.7. The van der Waals surface area contributed by atoms with Crippen LogP contribution in [-0.4, -0.2) is 38.2 Å². The van der Waals surface area contributed by atoms with Crippen LogP contribution < -0.4 is 0 Å². The minimum atomic E-state index is -1.11. The molecule has 0 spiro atoms. The molecule has 0 saturated carbocycles. The number of carboxylic acids is 1. The quantitative estimate of drug-likeness (QED) is 0.848. The second kappa shape index (κ2) is 7.53. The molecule has 0 aliphatic carbocycles. The number of carbonyl (C=O) groups is 2. The number of carbonyl (C=O) groups excluding carboxylic acids is 1. The highest BCUT2D eigenvalue weighted by molar-refractivity contribution is 5.95. The highest BCUT2D eigenvalue weighted by Gasteiger charge is 2.20. The van der Waals surface area contributed by atoms with Crippen molar-refractivity contribution in [3.8, 4) is 0 Å². The van der Waals surface area contributed by atoms with Gasteiger partial charge >= 0.3 is 5.97 Å². The molecule has 6 nitrogen and oxygen atoms in total. The van der Waals surface area contributed by atoms with Crippen molar-refractivity contribution >= 4 is 11.9 Å². The van der Waals surface area contributed by atoms with Gasteiger partial charge in [0.15, 0.2) is 0 Å². The molecule has 7 heteroatoms. The van der Waals surface area contributed by atoms with Gasteiger partial charge in [-0.15, -0.1) is 0 Å². The largest absolute Gasteiger partial charge is 0.480 e. The van der Waals surface area contributed by atoms with Crippen LogP contribution in [0.15, 0.2) is 36.7 Å². The number of carboxylic acid groups (broad SMARTS) is 1. The summed E-state index contributed by atoms with van der Waals surface area (Å²) in [6.45, 7) is 2.33. The zero-order valence-corrected chi connectivity index (χ0v) is 12.8. The van der Waals surface area contributed by atoms with Gasteiger partial charge in [-0.3, -0.25) is 14.3 Å². The average Bonchev–Trinajstić information content (AvgIpc) is 2.96. The standard InChI is InChI=1S/C16H18FN3O3/c1-2-7-20-10-13(8-18-20)16(23)19(11-15(21)22)9-12-3-5-14(17)6-4-12/h3-6,8,10H,2,7,9,11H2,1H3,(H,21,22). The maximum Gasteiger partial charge on any atom is 0.323 e. The van der Waals surface area contributed by atoms with Gasteiger partial charge in [-0.05, 0) is 24.1 Å². The molecular formula is C16H18FN3O3. The van der Waals surface area contributed by atoms with Crippen LogP contribution in [0.3, 0.4) is 0 Å². The van der Waals surface area contributed by atoms with Crippen molar-refractivity contribution in [3.63, 3.8) is 0 Å². The maximum atomic E-state index is 12.9. The summed E-state index contributed by atoms with van der Waals surface area (Å²) < 4.78 is 14.6. The molecule has 1 aromatic heterocycles. The molecule has 1 N–H and O–H groups in total. The van der Waals surface area contributed by atoms with Crippen LogP contribution in [-0.2, 0) is 17.9 Å². The Labute approximate surface area is 133 Å². The smallest absolute Gasteiger partial charge is 0.323 e. The fraction of sp³-hybridized carbons (Fsp3) is 0.312. The third-order valence-electron chi connectivity index (χ3n) is 3.23. The number of nitrogens with zero attached hydrogens (tertiary/aromatic N) is 3. The Bertz CT molecular complexity index is 682. The number of aliphatic carboxylic acids is 1. The lowest BCUT2D eigenvalue weighted by Crippen LogP contribution is -2.35.